The Bertz CT molecular complexity index is 923. The number of benzene rings is 2. The predicted octanol–water partition coefficient (Wildman–Crippen LogP) is 3.51. The van der Waals surface area contributed by atoms with Crippen LogP contribution in [-0.4, -0.2) is 24.3 Å². The molecule has 3 amide bonds. The molecule has 0 saturated carbocycles. The van der Waals surface area contributed by atoms with Gasteiger partial charge in [-0.3, -0.25) is 14.4 Å². The van der Waals surface area contributed by atoms with Gasteiger partial charge >= 0.3 is 0 Å². The molecule has 0 unspecified atom stereocenters. The van der Waals surface area contributed by atoms with E-state index in [1.54, 1.807) is 23.1 Å². The lowest BCUT2D eigenvalue weighted by atomic mass is 10.1. The fourth-order valence-electron chi connectivity index (χ4n) is 3.41. The van der Waals surface area contributed by atoms with Gasteiger partial charge < -0.3 is 15.5 Å². The summed E-state index contributed by atoms with van der Waals surface area (Å²) in [4.78, 5) is 38.3. The fraction of sp³-hybridized carbons (Fsp3) is 0.318. The lowest BCUT2D eigenvalue weighted by Gasteiger charge is -2.18. The minimum absolute atomic E-state index is 0.0443. The molecule has 1 aliphatic heterocycles. The molecule has 146 valence electrons. The van der Waals surface area contributed by atoms with Crippen LogP contribution in [0.2, 0.25) is 0 Å². The lowest BCUT2D eigenvalue weighted by Crippen LogP contribution is -2.28. The Morgan fingerprint density at radius 3 is 2.46 bits per heavy atom. The maximum absolute atomic E-state index is 12.8. The Morgan fingerprint density at radius 1 is 1.11 bits per heavy atom. The number of anilines is 3. The summed E-state index contributed by atoms with van der Waals surface area (Å²) in [6.07, 6.45) is 1.08. The monoisotopic (exact) mass is 379 g/mol. The first-order valence-corrected chi connectivity index (χ1v) is 9.46. The largest absolute Gasteiger partial charge is 0.326 e. The van der Waals surface area contributed by atoms with Gasteiger partial charge in [-0.2, -0.15) is 0 Å². The minimum atomic E-state index is -0.415. The summed E-state index contributed by atoms with van der Waals surface area (Å²) in [5.41, 5.74) is 4.07. The zero-order valence-electron chi connectivity index (χ0n) is 16.4. The third-order valence-electron chi connectivity index (χ3n) is 5.03. The van der Waals surface area contributed by atoms with E-state index in [0.717, 1.165) is 23.2 Å². The first-order valence-electron chi connectivity index (χ1n) is 9.46. The summed E-state index contributed by atoms with van der Waals surface area (Å²) in [6, 6.07) is 13.2. The topological polar surface area (TPSA) is 78.5 Å². The van der Waals surface area contributed by atoms with Gasteiger partial charge in [0, 0.05) is 37.0 Å². The van der Waals surface area contributed by atoms with E-state index in [2.05, 4.69) is 17.6 Å². The van der Waals surface area contributed by atoms with E-state index in [9.17, 15) is 14.4 Å². The molecule has 2 aromatic carbocycles. The van der Waals surface area contributed by atoms with E-state index >= 15 is 0 Å². The van der Waals surface area contributed by atoms with Crippen LogP contribution < -0.4 is 15.5 Å². The molecular weight excluding hydrogens is 354 g/mol. The molecule has 6 nitrogen and oxygen atoms in total. The van der Waals surface area contributed by atoms with Crippen LogP contribution in [0.1, 0.15) is 31.4 Å². The maximum Gasteiger partial charge on any atom is 0.229 e. The number of carbonyl (C=O) groups is 3. The number of hydrogen-bond donors (Lipinski definition) is 2. The van der Waals surface area contributed by atoms with Crippen LogP contribution in [0.25, 0.3) is 0 Å². The summed E-state index contributed by atoms with van der Waals surface area (Å²) < 4.78 is 0. The van der Waals surface area contributed by atoms with Crippen LogP contribution in [0.3, 0.4) is 0 Å². The minimum Gasteiger partial charge on any atom is -0.326 e. The molecule has 1 saturated heterocycles. The second-order valence-corrected chi connectivity index (χ2v) is 7.08. The third kappa shape index (κ3) is 4.22. The second kappa shape index (κ2) is 8.25. The molecule has 1 aliphatic rings. The van der Waals surface area contributed by atoms with Gasteiger partial charge in [-0.1, -0.05) is 25.1 Å². The van der Waals surface area contributed by atoms with Crippen molar-refractivity contribution in [2.24, 2.45) is 5.92 Å². The number of nitrogens with zero attached hydrogens (tertiary/aromatic N) is 1. The first kappa shape index (κ1) is 19.6. The number of rotatable bonds is 5. The van der Waals surface area contributed by atoms with Crippen molar-refractivity contribution in [2.45, 2.75) is 33.6 Å². The Labute approximate surface area is 164 Å². The van der Waals surface area contributed by atoms with Crippen LogP contribution in [0.15, 0.2) is 42.5 Å². The van der Waals surface area contributed by atoms with E-state index in [4.69, 9.17) is 0 Å². The second-order valence-electron chi connectivity index (χ2n) is 7.08. The van der Waals surface area contributed by atoms with Crippen molar-refractivity contribution in [3.05, 3.63) is 53.6 Å². The van der Waals surface area contributed by atoms with Gasteiger partial charge in [0.2, 0.25) is 17.7 Å². The molecule has 0 radical (unpaired) electrons. The van der Waals surface area contributed by atoms with Crippen LogP contribution in [0, 0.1) is 12.8 Å². The average Bonchev–Trinajstić information content (AvgIpc) is 3.06. The van der Waals surface area contributed by atoms with Gasteiger partial charge in [-0.05, 0) is 48.7 Å². The predicted molar refractivity (Wildman–Crippen MR) is 110 cm³/mol. The van der Waals surface area contributed by atoms with Gasteiger partial charge in [-0.15, -0.1) is 0 Å². The Morgan fingerprint density at radius 2 is 1.79 bits per heavy atom. The maximum atomic E-state index is 12.8. The Kier molecular flexibility index (Phi) is 5.78. The zero-order valence-corrected chi connectivity index (χ0v) is 16.4. The van der Waals surface area contributed by atoms with E-state index in [1.807, 2.05) is 31.2 Å². The highest BCUT2D eigenvalue weighted by atomic mass is 16.2. The smallest absolute Gasteiger partial charge is 0.229 e. The van der Waals surface area contributed by atoms with Crippen molar-refractivity contribution in [3.8, 4) is 0 Å². The summed E-state index contributed by atoms with van der Waals surface area (Å²) in [7, 11) is 0. The Hall–Kier alpha value is -3.15. The number of aryl methyl sites for hydroxylation is 1. The Balaban J connectivity index is 1.72. The van der Waals surface area contributed by atoms with Gasteiger partial charge in [0.25, 0.3) is 0 Å². The number of hydrogen-bond acceptors (Lipinski definition) is 3. The highest BCUT2D eigenvalue weighted by Gasteiger charge is 2.35. The molecule has 1 fully saturated rings. The van der Waals surface area contributed by atoms with Gasteiger partial charge in [0.05, 0.1) is 5.92 Å². The fourth-order valence-corrected chi connectivity index (χ4v) is 3.41. The van der Waals surface area contributed by atoms with Crippen molar-refractivity contribution >= 4 is 34.8 Å². The zero-order chi connectivity index (χ0) is 20.3. The van der Waals surface area contributed by atoms with E-state index in [-0.39, 0.29) is 24.1 Å². The van der Waals surface area contributed by atoms with Gasteiger partial charge in [0.15, 0.2) is 0 Å². The van der Waals surface area contributed by atoms with E-state index < -0.39 is 5.92 Å². The summed E-state index contributed by atoms with van der Waals surface area (Å²) >= 11 is 0. The average molecular weight is 379 g/mol. The quantitative estimate of drug-likeness (QED) is 0.834. The van der Waals surface area contributed by atoms with Crippen molar-refractivity contribution in [2.75, 3.05) is 22.1 Å². The standard InChI is InChI=1S/C22H25N3O3/c1-4-16-7-5-8-18(11-16)25-13-17(12-21(25)27)22(28)24-20-10-6-9-19(14(20)2)23-15(3)26/h5-11,17H,4,12-13H2,1-3H3,(H,23,26)(H,24,28)/t17-/m1/s1. The molecule has 6 heteroatoms. The van der Waals surface area contributed by atoms with Gasteiger partial charge in [0.1, 0.15) is 0 Å². The SMILES string of the molecule is CCc1cccc(N2C[C@H](C(=O)Nc3cccc(NC(C)=O)c3C)CC2=O)c1. The van der Waals surface area contributed by atoms with E-state index in [1.165, 1.54) is 6.92 Å². The van der Waals surface area contributed by atoms with Crippen LogP contribution >= 0.6 is 0 Å². The summed E-state index contributed by atoms with van der Waals surface area (Å²) in [5.74, 6) is -0.817. The molecule has 0 spiro atoms. The molecule has 1 heterocycles. The summed E-state index contributed by atoms with van der Waals surface area (Å²) in [6.45, 7) is 5.71. The van der Waals surface area contributed by atoms with Crippen molar-refractivity contribution in [1.29, 1.82) is 0 Å². The number of carbonyl (C=O) groups excluding carboxylic acids is 3. The van der Waals surface area contributed by atoms with Crippen molar-refractivity contribution in [1.82, 2.24) is 0 Å². The molecule has 0 aliphatic carbocycles. The van der Waals surface area contributed by atoms with Crippen LogP contribution in [-0.2, 0) is 20.8 Å². The number of amides is 3. The molecule has 0 aromatic heterocycles. The molecule has 28 heavy (non-hydrogen) atoms. The van der Waals surface area contributed by atoms with E-state index in [0.29, 0.717) is 17.9 Å². The van der Waals surface area contributed by atoms with Crippen molar-refractivity contribution in [3.63, 3.8) is 0 Å². The molecule has 2 N–H and O–H groups in total. The third-order valence-corrected chi connectivity index (χ3v) is 5.03. The first-order chi connectivity index (χ1) is 13.4. The normalized spacial score (nSPS) is 16.2. The lowest BCUT2D eigenvalue weighted by molar-refractivity contribution is -0.122. The molecule has 2 aromatic rings. The molecule has 3 rings (SSSR count). The van der Waals surface area contributed by atoms with Gasteiger partial charge in [-0.25, -0.2) is 0 Å². The summed E-state index contributed by atoms with van der Waals surface area (Å²) in [5, 5.41) is 5.66. The molecule has 0 bridgehead atoms. The van der Waals surface area contributed by atoms with Crippen molar-refractivity contribution < 1.29 is 14.4 Å². The highest BCUT2D eigenvalue weighted by molar-refractivity contribution is 6.04. The molecular formula is C22H25N3O3. The highest BCUT2D eigenvalue weighted by Crippen LogP contribution is 2.28. The van der Waals surface area contributed by atoms with Crippen LogP contribution in [0.4, 0.5) is 17.1 Å². The van der Waals surface area contributed by atoms with Crippen LogP contribution in [0.5, 0.6) is 0 Å². The molecule has 1 atom stereocenters. The number of nitrogens with one attached hydrogen (secondary N) is 2.